The summed E-state index contributed by atoms with van der Waals surface area (Å²) in [5.74, 6) is 2.35. The van der Waals surface area contributed by atoms with Crippen molar-refractivity contribution in [3.8, 4) is 0 Å². The van der Waals surface area contributed by atoms with Crippen LogP contribution in [-0.2, 0) is 4.79 Å². The number of halogens is 1. The van der Waals surface area contributed by atoms with Crippen molar-refractivity contribution in [2.45, 2.75) is 19.3 Å². The SMILES string of the molecule is O=C(Nc1cc(Cl)ncn1)C1CC2CC2C1. The van der Waals surface area contributed by atoms with Gasteiger partial charge in [-0.25, -0.2) is 9.97 Å². The van der Waals surface area contributed by atoms with E-state index in [1.54, 1.807) is 6.07 Å². The lowest BCUT2D eigenvalue weighted by Gasteiger charge is -2.11. The molecule has 0 aromatic carbocycles. The first-order chi connectivity index (χ1) is 7.72. The van der Waals surface area contributed by atoms with Gasteiger partial charge in [-0.3, -0.25) is 4.79 Å². The molecule has 3 rings (SSSR count). The van der Waals surface area contributed by atoms with Crippen molar-refractivity contribution in [2.75, 3.05) is 5.32 Å². The maximum absolute atomic E-state index is 11.9. The Bertz CT molecular complexity index is 427. The molecule has 84 valence electrons. The summed E-state index contributed by atoms with van der Waals surface area (Å²) in [6, 6.07) is 1.56. The summed E-state index contributed by atoms with van der Waals surface area (Å²) in [6.45, 7) is 0. The second-order valence-electron chi connectivity index (χ2n) is 4.64. The fourth-order valence-corrected chi connectivity index (χ4v) is 2.71. The number of hydrogen-bond acceptors (Lipinski definition) is 3. The van der Waals surface area contributed by atoms with E-state index in [1.807, 2.05) is 0 Å². The number of carbonyl (C=O) groups is 1. The predicted octanol–water partition coefficient (Wildman–Crippen LogP) is 2.11. The van der Waals surface area contributed by atoms with Crippen LogP contribution in [-0.4, -0.2) is 15.9 Å². The van der Waals surface area contributed by atoms with Gasteiger partial charge < -0.3 is 5.32 Å². The summed E-state index contributed by atoms with van der Waals surface area (Å²) >= 11 is 5.72. The minimum atomic E-state index is 0.0713. The average Bonchev–Trinajstić information content (AvgIpc) is 2.86. The van der Waals surface area contributed by atoms with Gasteiger partial charge in [0.2, 0.25) is 5.91 Å². The van der Waals surface area contributed by atoms with Crippen molar-refractivity contribution in [1.82, 2.24) is 9.97 Å². The monoisotopic (exact) mass is 237 g/mol. The molecular weight excluding hydrogens is 226 g/mol. The molecule has 1 heterocycles. The minimum absolute atomic E-state index is 0.0713. The first kappa shape index (κ1) is 10.0. The van der Waals surface area contributed by atoms with Gasteiger partial charge in [-0.15, -0.1) is 0 Å². The highest BCUT2D eigenvalue weighted by Gasteiger charge is 2.47. The molecule has 4 nitrogen and oxygen atoms in total. The molecule has 1 aromatic heterocycles. The fourth-order valence-electron chi connectivity index (χ4n) is 2.56. The van der Waals surface area contributed by atoms with Gasteiger partial charge >= 0.3 is 0 Å². The molecule has 16 heavy (non-hydrogen) atoms. The van der Waals surface area contributed by atoms with Crippen LogP contribution in [0, 0.1) is 17.8 Å². The molecule has 1 amide bonds. The van der Waals surface area contributed by atoms with Crippen molar-refractivity contribution in [3.05, 3.63) is 17.5 Å². The Morgan fingerprint density at radius 1 is 1.31 bits per heavy atom. The van der Waals surface area contributed by atoms with Gasteiger partial charge in [-0.1, -0.05) is 11.6 Å². The van der Waals surface area contributed by atoms with Crippen LogP contribution in [0.2, 0.25) is 5.15 Å². The zero-order chi connectivity index (χ0) is 11.1. The molecule has 1 N–H and O–H groups in total. The van der Waals surface area contributed by atoms with Gasteiger partial charge in [0.1, 0.15) is 17.3 Å². The normalized spacial score (nSPS) is 30.9. The molecule has 0 radical (unpaired) electrons. The Morgan fingerprint density at radius 2 is 2.06 bits per heavy atom. The van der Waals surface area contributed by atoms with Crippen LogP contribution in [0.1, 0.15) is 19.3 Å². The summed E-state index contributed by atoms with van der Waals surface area (Å²) in [7, 11) is 0. The number of hydrogen-bond donors (Lipinski definition) is 1. The first-order valence-electron chi connectivity index (χ1n) is 5.51. The van der Waals surface area contributed by atoms with Crippen LogP contribution in [0.15, 0.2) is 12.4 Å². The lowest BCUT2D eigenvalue weighted by atomic mass is 10.0. The molecule has 5 heteroatoms. The van der Waals surface area contributed by atoms with Crippen molar-refractivity contribution >= 4 is 23.3 Å². The van der Waals surface area contributed by atoms with Crippen LogP contribution in [0.4, 0.5) is 5.82 Å². The number of amides is 1. The highest BCUT2D eigenvalue weighted by atomic mass is 35.5. The number of rotatable bonds is 2. The quantitative estimate of drug-likeness (QED) is 0.802. The van der Waals surface area contributed by atoms with E-state index >= 15 is 0 Å². The zero-order valence-electron chi connectivity index (χ0n) is 8.69. The molecule has 0 spiro atoms. The third-order valence-corrected chi connectivity index (χ3v) is 3.71. The van der Waals surface area contributed by atoms with Crippen molar-refractivity contribution in [1.29, 1.82) is 0 Å². The number of fused-ring (bicyclic) bond motifs is 1. The van der Waals surface area contributed by atoms with Gasteiger partial charge in [0, 0.05) is 12.0 Å². The molecule has 2 atom stereocenters. The summed E-state index contributed by atoms with van der Waals surface area (Å²) in [6.07, 6.45) is 4.75. The van der Waals surface area contributed by atoms with Crippen LogP contribution in [0.3, 0.4) is 0 Å². The highest BCUT2D eigenvalue weighted by molar-refractivity contribution is 6.29. The zero-order valence-corrected chi connectivity index (χ0v) is 9.44. The Kier molecular flexibility index (Phi) is 2.32. The lowest BCUT2D eigenvalue weighted by molar-refractivity contribution is -0.120. The lowest BCUT2D eigenvalue weighted by Crippen LogP contribution is -2.22. The van der Waals surface area contributed by atoms with E-state index in [2.05, 4.69) is 15.3 Å². The topological polar surface area (TPSA) is 54.9 Å². The van der Waals surface area contributed by atoms with Crippen LogP contribution in [0.5, 0.6) is 0 Å². The molecular formula is C11H12ClN3O. The molecule has 0 bridgehead atoms. The Morgan fingerprint density at radius 3 is 2.75 bits per heavy atom. The third kappa shape index (κ3) is 1.89. The number of nitrogens with zero attached hydrogens (tertiary/aromatic N) is 2. The van der Waals surface area contributed by atoms with Gasteiger partial charge in [0.05, 0.1) is 0 Å². The van der Waals surface area contributed by atoms with Crippen LogP contribution in [0.25, 0.3) is 0 Å². The molecule has 1 aromatic rings. The second kappa shape index (κ2) is 3.70. The van der Waals surface area contributed by atoms with Crippen LogP contribution < -0.4 is 5.32 Å². The summed E-state index contributed by atoms with van der Waals surface area (Å²) in [5.41, 5.74) is 0. The van der Waals surface area contributed by atoms with Crippen LogP contribution >= 0.6 is 11.6 Å². The predicted molar refractivity (Wildman–Crippen MR) is 60.0 cm³/mol. The minimum Gasteiger partial charge on any atom is -0.310 e. The van der Waals surface area contributed by atoms with Crippen molar-refractivity contribution in [3.63, 3.8) is 0 Å². The Hall–Kier alpha value is -1.16. The summed E-state index contributed by atoms with van der Waals surface area (Å²) in [4.78, 5) is 19.6. The Labute approximate surface area is 98.4 Å². The summed E-state index contributed by atoms with van der Waals surface area (Å²) in [5, 5.41) is 3.14. The highest BCUT2D eigenvalue weighted by Crippen LogP contribution is 2.54. The third-order valence-electron chi connectivity index (χ3n) is 3.50. The molecule has 0 aliphatic heterocycles. The number of aromatic nitrogens is 2. The van der Waals surface area contributed by atoms with E-state index in [1.165, 1.54) is 12.7 Å². The number of nitrogens with one attached hydrogen (secondary N) is 1. The van der Waals surface area contributed by atoms with E-state index in [4.69, 9.17) is 11.6 Å². The molecule has 0 saturated heterocycles. The van der Waals surface area contributed by atoms with E-state index in [0.717, 1.165) is 24.7 Å². The molecule has 2 unspecified atom stereocenters. The summed E-state index contributed by atoms with van der Waals surface area (Å²) < 4.78 is 0. The number of anilines is 1. The molecule has 2 aliphatic carbocycles. The van der Waals surface area contributed by atoms with E-state index in [0.29, 0.717) is 11.0 Å². The van der Waals surface area contributed by atoms with E-state index in [-0.39, 0.29) is 11.8 Å². The Balaban J connectivity index is 1.64. The fraction of sp³-hybridized carbons (Fsp3) is 0.545. The standard InChI is InChI=1S/C11H12ClN3O/c12-9-4-10(14-5-13-9)15-11(16)8-2-6-1-7(6)3-8/h4-8H,1-3H2,(H,13,14,15,16). The largest absolute Gasteiger partial charge is 0.310 e. The van der Waals surface area contributed by atoms with Gasteiger partial charge in [0.15, 0.2) is 0 Å². The maximum atomic E-state index is 11.9. The molecule has 2 aliphatic rings. The van der Waals surface area contributed by atoms with Gasteiger partial charge in [-0.05, 0) is 31.1 Å². The van der Waals surface area contributed by atoms with E-state index < -0.39 is 0 Å². The second-order valence-corrected chi connectivity index (χ2v) is 5.03. The van der Waals surface area contributed by atoms with Crippen molar-refractivity contribution in [2.24, 2.45) is 17.8 Å². The maximum Gasteiger partial charge on any atom is 0.228 e. The smallest absolute Gasteiger partial charge is 0.228 e. The molecule has 2 saturated carbocycles. The number of carbonyl (C=O) groups excluding carboxylic acids is 1. The van der Waals surface area contributed by atoms with Crippen molar-refractivity contribution < 1.29 is 4.79 Å². The molecule has 2 fully saturated rings. The van der Waals surface area contributed by atoms with Gasteiger partial charge in [-0.2, -0.15) is 0 Å². The first-order valence-corrected chi connectivity index (χ1v) is 5.88. The average molecular weight is 238 g/mol. The van der Waals surface area contributed by atoms with E-state index in [9.17, 15) is 4.79 Å². The van der Waals surface area contributed by atoms with Gasteiger partial charge in [0.25, 0.3) is 0 Å².